The molecule has 7 nitrogen and oxygen atoms in total. The molecular weight excluding hydrogens is 270 g/mol. The maximum absolute atomic E-state index is 12.3. The van der Waals surface area contributed by atoms with E-state index in [2.05, 4.69) is 15.5 Å². The number of anilines is 1. The average Bonchev–Trinajstić information content (AvgIpc) is 2.88. The highest BCUT2D eigenvalue weighted by Crippen LogP contribution is 2.18. The van der Waals surface area contributed by atoms with E-state index in [0.717, 1.165) is 5.52 Å². The van der Waals surface area contributed by atoms with Gasteiger partial charge in [-0.2, -0.15) is 5.10 Å². The predicted molar refractivity (Wildman–Crippen MR) is 80.7 cm³/mol. The fraction of sp³-hybridized carbons (Fsp3) is 0.357. The molecule has 0 spiro atoms. The highest BCUT2D eigenvalue weighted by Gasteiger charge is 2.21. The van der Waals surface area contributed by atoms with E-state index in [1.807, 2.05) is 6.92 Å². The smallest absolute Gasteiger partial charge is 0.273 e. The molecule has 0 aliphatic heterocycles. The topological polar surface area (TPSA) is 104 Å². The fourth-order valence-electron chi connectivity index (χ4n) is 2.02. The lowest BCUT2D eigenvalue weighted by Gasteiger charge is -2.20. The van der Waals surface area contributed by atoms with Crippen LogP contribution in [0.15, 0.2) is 18.2 Å². The van der Waals surface area contributed by atoms with Crippen LogP contribution < -0.4 is 11.1 Å². The Labute approximate surface area is 122 Å². The summed E-state index contributed by atoms with van der Waals surface area (Å²) >= 11 is 0. The molecule has 1 aromatic carbocycles. The number of fused-ring (bicyclic) bond motifs is 1. The Hall–Kier alpha value is -2.57. The van der Waals surface area contributed by atoms with Crippen molar-refractivity contribution in [2.24, 2.45) is 0 Å². The van der Waals surface area contributed by atoms with Gasteiger partial charge in [-0.15, -0.1) is 0 Å². The van der Waals surface area contributed by atoms with Crippen molar-refractivity contribution < 1.29 is 9.59 Å². The molecule has 2 amide bonds. The van der Waals surface area contributed by atoms with E-state index in [1.54, 1.807) is 37.1 Å². The highest BCUT2D eigenvalue weighted by atomic mass is 16.2. The first-order valence-corrected chi connectivity index (χ1v) is 6.73. The van der Waals surface area contributed by atoms with E-state index in [0.29, 0.717) is 17.6 Å². The van der Waals surface area contributed by atoms with Crippen molar-refractivity contribution in [1.82, 2.24) is 20.4 Å². The van der Waals surface area contributed by atoms with Gasteiger partial charge in [-0.05, 0) is 32.0 Å². The number of hydrogen-bond acceptors (Lipinski definition) is 4. The molecule has 0 radical (unpaired) electrons. The molecule has 1 unspecified atom stereocenters. The van der Waals surface area contributed by atoms with E-state index in [4.69, 9.17) is 5.73 Å². The van der Waals surface area contributed by atoms with Crippen molar-refractivity contribution in [3.8, 4) is 0 Å². The van der Waals surface area contributed by atoms with Crippen LogP contribution in [-0.2, 0) is 4.79 Å². The van der Waals surface area contributed by atoms with Crippen molar-refractivity contribution in [3.63, 3.8) is 0 Å². The first kappa shape index (κ1) is 14.8. The number of hydrogen-bond donors (Lipinski definition) is 3. The summed E-state index contributed by atoms with van der Waals surface area (Å²) in [5.41, 5.74) is 7.23. The molecule has 7 heteroatoms. The zero-order valence-electron chi connectivity index (χ0n) is 12.3. The number of nitrogens with two attached hydrogens (primary N) is 1. The Morgan fingerprint density at radius 3 is 2.86 bits per heavy atom. The average molecular weight is 289 g/mol. The first-order valence-electron chi connectivity index (χ1n) is 6.73. The number of H-pyrrole nitrogens is 1. The second kappa shape index (κ2) is 5.82. The molecule has 0 saturated carbocycles. The van der Waals surface area contributed by atoms with Crippen molar-refractivity contribution in [2.75, 3.05) is 19.3 Å². The Bertz CT molecular complexity index is 679. The maximum atomic E-state index is 12.3. The van der Waals surface area contributed by atoms with Crippen molar-refractivity contribution in [2.45, 2.75) is 19.9 Å². The summed E-state index contributed by atoms with van der Waals surface area (Å²) < 4.78 is 0. The minimum absolute atomic E-state index is 0.148. The van der Waals surface area contributed by atoms with E-state index >= 15 is 0 Å². The summed E-state index contributed by atoms with van der Waals surface area (Å²) in [5, 5.41) is 10.1. The summed E-state index contributed by atoms with van der Waals surface area (Å²) in [6.45, 7) is 4.10. The zero-order valence-corrected chi connectivity index (χ0v) is 12.3. The van der Waals surface area contributed by atoms with Gasteiger partial charge in [0.2, 0.25) is 5.91 Å². The summed E-state index contributed by atoms with van der Waals surface area (Å²) in [6, 6.07) is 4.55. The largest absolute Gasteiger partial charge is 0.399 e. The number of aromatic nitrogens is 2. The van der Waals surface area contributed by atoms with Gasteiger partial charge < -0.3 is 16.0 Å². The molecule has 0 aliphatic carbocycles. The molecule has 0 aliphatic rings. The Morgan fingerprint density at radius 2 is 2.19 bits per heavy atom. The minimum Gasteiger partial charge on any atom is -0.399 e. The second-order valence-electron chi connectivity index (χ2n) is 4.92. The van der Waals surface area contributed by atoms with E-state index in [9.17, 15) is 9.59 Å². The van der Waals surface area contributed by atoms with Crippen LogP contribution in [0, 0.1) is 0 Å². The summed E-state index contributed by atoms with van der Waals surface area (Å²) in [6.07, 6.45) is 0. The SMILES string of the molecule is CCN(C)C(=O)C(C)NC(=O)c1n[nH]c2ccc(N)cc12. The molecule has 112 valence electrons. The van der Waals surface area contributed by atoms with Gasteiger partial charge >= 0.3 is 0 Å². The lowest BCUT2D eigenvalue weighted by molar-refractivity contribution is -0.131. The molecule has 2 aromatic rings. The van der Waals surface area contributed by atoms with Crippen molar-refractivity contribution in [3.05, 3.63) is 23.9 Å². The third-order valence-corrected chi connectivity index (χ3v) is 3.37. The highest BCUT2D eigenvalue weighted by molar-refractivity contribution is 6.06. The number of nitrogens with zero attached hydrogens (tertiary/aromatic N) is 2. The summed E-state index contributed by atoms with van der Waals surface area (Å²) in [7, 11) is 1.69. The molecular formula is C14H19N5O2. The van der Waals surface area contributed by atoms with Crippen LogP contribution in [0.4, 0.5) is 5.69 Å². The quantitative estimate of drug-likeness (QED) is 0.722. The van der Waals surface area contributed by atoms with Gasteiger partial charge in [-0.25, -0.2) is 0 Å². The lowest BCUT2D eigenvalue weighted by Crippen LogP contribution is -2.45. The van der Waals surface area contributed by atoms with E-state index in [1.165, 1.54) is 0 Å². The van der Waals surface area contributed by atoms with E-state index in [-0.39, 0.29) is 11.6 Å². The molecule has 4 N–H and O–H groups in total. The third kappa shape index (κ3) is 2.96. The fourth-order valence-corrected chi connectivity index (χ4v) is 2.02. The summed E-state index contributed by atoms with van der Waals surface area (Å²) in [4.78, 5) is 25.8. The van der Waals surface area contributed by atoms with Crippen LogP contribution >= 0.6 is 0 Å². The van der Waals surface area contributed by atoms with Gasteiger partial charge in [0, 0.05) is 24.7 Å². The molecule has 1 heterocycles. The Kier molecular flexibility index (Phi) is 4.11. The Morgan fingerprint density at radius 1 is 1.48 bits per heavy atom. The first-order chi connectivity index (χ1) is 9.93. The Balaban J connectivity index is 2.19. The molecule has 0 bridgehead atoms. The van der Waals surface area contributed by atoms with Crippen LogP contribution in [0.25, 0.3) is 10.9 Å². The number of carbonyl (C=O) groups is 2. The molecule has 21 heavy (non-hydrogen) atoms. The minimum atomic E-state index is -0.616. The van der Waals surface area contributed by atoms with Gasteiger partial charge in [0.05, 0.1) is 5.52 Å². The number of likely N-dealkylation sites (N-methyl/N-ethyl adjacent to an activating group) is 1. The van der Waals surface area contributed by atoms with Gasteiger partial charge in [0.25, 0.3) is 5.91 Å². The predicted octanol–water partition coefficient (Wildman–Crippen LogP) is 0.742. The van der Waals surface area contributed by atoms with Crippen LogP contribution in [-0.4, -0.2) is 46.5 Å². The van der Waals surface area contributed by atoms with Gasteiger partial charge in [-0.3, -0.25) is 14.7 Å². The third-order valence-electron chi connectivity index (χ3n) is 3.37. The molecule has 2 rings (SSSR count). The number of aromatic amines is 1. The molecule has 1 aromatic heterocycles. The zero-order chi connectivity index (χ0) is 15.6. The number of rotatable bonds is 4. The number of nitrogens with one attached hydrogen (secondary N) is 2. The standard InChI is InChI=1S/C14H19N5O2/c1-4-19(3)14(21)8(2)16-13(20)12-10-7-9(15)5-6-11(10)17-18-12/h5-8H,4,15H2,1-3H3,(H,16,20)(H,17,18). The second-order valence-corrected chi connectivity index (χ2v) is 4.92. The van der Waals surface area contributed by atoms with E-state index < -0.39 is 11.9 Å². The number of nitrogen functional groups attached to an aromatic ring is 1. The van der Waals surface area contributed by atoms with Gasteiger partial charge in [0.15, 0.2) is 5.69 Å². The molecule has 1 atom stereocenters. The van der Waals surface area contributed by atoms with Crippen LogP contribution in [0.1, 0.15) is 24.3 Å². The monoisotopic (exact) mass is 289 g/mol. The van der Waals surface area contributed by atoms with Crippen molar-refractivity contribution >= 4 is 28.4 Å². The molecule has 0 fully saturated rings. The number of carbonyl (C=O) groups excluding carboxylic acids is 2. The van der Waals surface area contributed by atoms with Crippen molar-refractivity contribution in [1.29, 1.82) is 0 Å². The maximum Gasteiger partial charge on any atom is 0.273 e. The molecule has 0 saturated heterocycles. The normalized spacial score (nSPS) is 12.1. The van der Waals surface area contributed by atoms with Gasteiger partial charge in [-0.1, -0.05) is 0 Å². The number of amides is 2. The number of benzene rings is 1. The van der Waals surface area contributed by atoms with Crippen LogP contribution in [0.2, 0.25) is 0 Å². The van der Waals surface area contributed by atoms with Crippen LogP contribution in [0.5, 0.6) is 0 Å². The van der Waals surface area contributed by atoms with Gasteiger partial charge in [0.1, 0.15) is 6.04 Å². The van der Waals surface area contributed by atoms with Crippen LogP contribution in [0.3, 0.4) is 0 Å². The summed E-state index contributed by atoms with van der Waals surface area (Å²) in [5.74, 6) is -0.553. The lowest BCUT2D eigenvalue weighted by atomic mass is 10.1.